The highest BCUT2D eigenvalue weighted by atomic mass is 28.4. The molecular formula is C43H63N3O10Si2. The van der Waals surface area contributed by atoms with Crippen molar-refractivity contribution >= 4 is 28.7 Å². The van der Waals surface area contributed by atoms with Crippen LogP contribution in [-0.4, -0.2) is 68.9 Å². The first-order valence-corrected chi connectivity index (χ1v) is 25.4. The highest BCUT2D eigenvalue weighted by Crippen LogP contribution is 2.46. The number of hydrogen-bond donors (Lipinski definition) is 1. The second-order valence-electron chi connectivity index (χ2n) is 18.7. The van der Waals surface area contributed by atoms with E-state index in [1.165, 1.54) is 22.9 Å². The van der Waals surface area contributed by atoms with Crippen molar-refractivity contribution in [2.75, 3.05) is 7.11 Å². The molecule has 15 heteroatoms. The van der Waals surface area contributed by atoms with Crippen LogP contribution in [0.4, 0.5) is 4.79 Å². The molecule has 0 saturated carbocycles. The van der Waals surface area contributed by atoms with Crippen LogP contribution >= 0.6 is 0 Å². The van der Waals surface area contributed by atoms with Crippen LogP contribution in [0.15, 0.2) is 88.2 Å². The predicted molar refractivity (Wildman–Crippen MR) is 229 cm³/mol. The SMILES string of the molecule is COc1ccc(Cn2c(=O)ccn([C@@H]3O[C@H](/C=C(\NC(=O)OCc4ccccc4)C(=O)OC(C)(C)C)[C@@H](O[Si](C)(C)C(C)(C)C)[C@H]3O[Si](C)(C)C(C)(C)C)c2=O)cc1. The summed E-state index contributed by atoms with van der Waals surface area (Å²) in [5.74, 6) is -0.183. The molecule has 58 heavy (non-hydrogen) atoms. The third-order valence-electron chi connectivity index (χ3n) is 11.0. The van der Waals surface area contributed by atoms with Gasteiger partial charge in [-0.1, -0.05) is 84.0 Å². The summed E-state index contributed by atoms with van der Waals surface area (Å²) in [7, 11) is -3.74. The standard InChI is InChI=1S/C43H63N3O10Si2/c1-41(2,3)54-38(48)32(44-39(49)52-28-30-18-16-15-17-19-30)26-33-35(55-57(11,12)42(4,5)6)36(56-58(13,14)43(7,8)9)37(53-33)45-25-24-34(47)46(40(45)50)27-29-20-22-31(51-10)23-21-29/h15-26,33,35-37H,27-28H2,1-14H3,(H,44,49)/b32-26-/t33-,35-,36-,37-/m1/s1. The lowest BCUT2D eigenvalue weighted by atomic mass is 10.1. The average molecular weight is 838 g/mol. The lowest BCUT2D eigenvalue weighted by Gasteiger charge is -2.44. The van der Waals surface area contributed by atoms with Crippen LogP contribution in [0.2, 0.25) is 36.3 Å². The number of amides is 1. The lowest BCUT2D eigenvalue weighted by molar-refractivity contribution is -0.150. The van der Waals surface area contributed by atoms with Crippen molar-refractivity contribution in [2.45, 2.75) is 142 Å². The molecule has 2 aromatic carbocycles. The minimum absolute atomic E-state index is 0.00594. The summed E-state index contributed by atoms with van der Waals surface area (Å²) in [6.07, 6.45) is -1.97. The zero-order valence-corrected chi connectivity index (χ0v) is 38.6. The number of esters is 1. The van der Waals surface area contributed by atoms with Gasteiger partial charge in [0.25, 0.3) is 5.56 Å². The molecule has 0 radical (unpaired) electrons. The first kappa shape index (κ1) is 46.4. The molecule has 0 spiro atoms. The fraction of sp³-hybridized carbons (Fsp3) is 0.535. The zero-order chi connectivity index (χ0) is 43.4. The van der Waals surface area contributed by atoms with E-state index in [0.717, 1.165) is 10.1 Å². The molecule has 0 aliphatic carbocycles. The number of aromatic nitrogens is 2. The van der Waals surface area contributed by atoms with E-state index in [0.29, 0.717) is 11.3 Å². The number of nitrogens with one attached hydrogen (secondary N) is 1. The van der Waals surface area contributed by atoms with Crippen LogP contribution in [0.25, 0.3) is 0 Å². The van der Waals surface area contributed by atoms with Crippen LogP contribution in [0.1, 0.15) is 79.7 Å². The molecular weight excluding hydrogens is 775 g/mol. The highest BCUT2D eigenvalue weighted by molar-refractivity contribution is 6.74. The van der Waals surface area contributed by atoms with Gasteiger partial charge in [-0.2, -0.15) is 0 Å². The van der Waals surface area contributed by atoms with E-state index in [4.69, 9.17) is 27.8 Å². The minimum Gasteiger partial charge on any atom is -0.497 e. The Labute approximate surface area is 344 Å². The molecule has 0 unspecified atom stereocenters. The molecule has 318 valence electrons. The topological polar surface area (TPSA) is 146 Å². The number of nitrogens with zero attached hydrogens (tertiary/aromatic N) is 2. The molecule has 4 rings (SSSR count). The van der Waals surface area contributed by atoms with E-state index < -0.39 is 70.1 Å². The quantitative estimate of drug-likeness (QED) is 0.102. The summed E-state index contributed by atoms with van der Waals surface area (Å²) in [5.41, 5.74) is -0.789. The van der Waals surface area contributed by atoms with Gasteiger partial charge < -0.3 is 27.8 Å². The van der Waals surface area contributed by atoms with Gasteiger partial charge in [-0.05, 0) is 86.4 Å². The monoisotopic (exact) mass is 837 g/mol. The largest absolute Gasteiger partial charge is 0.497 e. The number of carbonyl (C=O) groups is 2. The van der Waals surface area contributed by atoms with Gasteiger partial charge in [-0.3, -0.25) is 19.2 Å². The van der Waals surface area contributed by atoms with Gasteiger partial charge in [0.2, 0.25) is 0 Å². The van der Waals surface area contributed by atoms with Gasteiger partial charge in [0.1, 0.15) is 42.0 Å². The normalized spacial score (nSPS) is 19.4. The van der Waals surface area contributed by atoms with Crippen molar-refractivity contribution < 1.29 is 37.4 Å². The van der Waals surface area contributed by atoms with Crippen LogP contribution in [0, 0.1) is 0 Å². The Morgan fingerprint density at radius 1 is 0.793 bits per heavy atom. The summed E-state index contributed by atoms with van der Waals surface area (Å²) in [5, 5.41) is 2.07. The molecule has 1 aliphatic heterocycles. The number of carbonyl (C=O) groups excluding carboxylic acids is 2. The Kier molecular flexibility index (Phi) is 14.3. The van der Waals surface area contributed by atoms with Crippen molar-refractivity contribution in [3.05, 3.63) is 111 Å². The molecule has 2 heterocycles. The minimum atomic E-state index is -2.65. The highest BCUT2D eigenvalue weighted by Gasteiger charge is 2.54. The third-order valence-corrected chi connectivity index (χ3v) is 19.9. The number of alkyl carbamates (subject to hydrolysis) is 1. The zero-order valence-electron chi connectivity index (χ0n) is 36.6. The van der Waals surface area contributed by atoms with E-state index in [1.807, 2.05) is 30.3 Å². The number of ether oxygens (including phenoxy) is 4. The predicted octanol–water partition coefficient (Wildman–Crippen LogP) is 7.90. The van der Waals surface area contributed by atoms with Crippen molar-refractivity contribution in [1.82, 2.24) is 14.5 Å². The molecule has 13 nitrogen and oxygen atoms in total. The number of methoxy groups -OCH3 is 1. The Morgan fingerprint density at radius 3 is 1.90 bits per heavy atom. The van der Waals surface area contributed by atoms with Gasteiger partial charge in [-0.25, -0.2) is 14.4 Å². The van der Waals surface area contributed by atoms with Crippen molar-refractivity contribution in [1.29, 1.82) is 0 Å². The van der Waals surface area contributed by atoms with Gasteiger partial charge in [0, 0.05) is 12.3 Å². The average Bonchev–Trinajstić information content (AvgIpc) is 3.42. The number of hydrogen-bond acceptors (Lipinski definition) is 10. The summed E-state index contributed by atoms with van der Waals surface area (Å²) in [6, 6.07) is 17.6. The fourth-order valence-electron chi connectivity index (χ4n) is 5.63. The first-order chi connectivity index (χ1) is 26.7. The van der Waals surface area contributed by atoms with Gasteiger partial charge in [0.05, 0.1) is 13.7 Å². The Balaban J connectivity index is 1.90. The summed E-state index contributed by atoms with van der Waals surface area (Å²) in [6.45, 7) is 26.2. The van der Waals surface area contributed by atoms with Crippen LogP contribution < -0.4 is 21.3 Å². The van der Waals surface area contributed by atoms with E-state index in [1.54, 1.807) is 52.1 Å². The van der Waals surface area contributed by atoms with Gasteiger partial charge in [0.15, 0.2) is 22.9 Å². The Bertz CT molecular complexity index is 2040. The maximum Gasteiger partial charge on any atom is 0.412 e. The summed E-state index contributed by atoms with van der Waals surface area (Å²) >= 11 is 0. The lowest BCUT2D eigenvalue weighted by Crippen LogP contribution is -2.54. The van der Waals surface area contributed by atoms with Gasteiger partial charge >= 0.3 is 17.8 Å². The summed E-state index contributed by atoms with van der Waals surface area (Å²) < 4.78 is 40.2. The van der Waals surface area contributed by atoms with E-state index >= 15 is 0 Å². The molecule has 1 aliphatic rings. The van der Waals surface area contributed by atoms with E-state index in [2.05, 4.69) is 73.0 Å². The van der Waals surface area contributed by atoms with E-state index in [-0.39, 0.29) is 28.9 Å². The van der Waals surface area contributed by atoms with Crippen molar-refractivity contribution in [2.24, 2.45) is 0 Å². The number of rotatable bonds is 13. The van der Waals surface area contributed by atoms with Gasteiger partial charge in [-0.15, -0.1) is 0 Å². The second-order valence-corrected chi connectivity index (χ2v) is 28.2. The summed E-state index contributed by atoms with van der Waals surface area (Å²) in [4.78, 5) is 55.0. The van der Waals surface area contributed by atoms with Crippen LogP contribution in [0.3, 0.4) is 0 Å². The maximum absolute atomic E-state index is 14.5. The number of benzene rings is 2. The molecule has 1 saturated heterocycles. The van der Waals surface area contributed by atoms with Crippen molar-refractivity contribution in [3.63, 3.8) is 0 Å². The molecule has 1 amide bonds. The second kappa shape index (κ2) is 17.9. The molecule has 4 atom stereocenters. The molecule has 1 N–H and O–H groups in total. The Hall–Kier alpha value is -4.29. The smallest absolute Gasteiger partial charge is 0.412 e. The first-order valence-electron chi connectivity index (χ1n) is 19.6. The molecule has 0 bridgehead atoms. The molecule has 3 aromatic rings. The third kappa shape index (κ3) is 11.7. The molecule has 1 aromatic heterocycles. The maximum atomic E-state index is 14.5. The molecule has 1 fully saturated rings. The van der Waals surface area contributed by atoms with E-state index in [9.17, 15) is 19.2 Å². The fourth-order valence-corrected chi connectivity index (χ4v) is 8.21. The van der Waals surface area contributed by atoms with Crippen LogP contribution in [0.5, 0.6) is 5.75 Å². The van der Waals surface area contributed by atoms with Crippen LogP contribution in [-0.2, 0) is 41.0 Å². The van der Waals surface area contributed by atoms with Crippen molar-refractivity contribution in [3.8, 4) is 5.75 Å². The Morgan fingerprint density at radius 2 is 1.36 bits per heavy atom.